The molecule has 1 heterocycles. The Morgan fingerprint density at radius 3 is 2.57 bits per heavy atom. The van der Waals surface area contributed by atoms with E-state index < -0.39 is 0 Å². The first-order valence-corrected chi connectivity index (χ1v) is 5.77. The Balaban J connectivity index is 2.54. The Morgan fingerprint density at radius 1 is 1.36 bits per heavy atom. The molecule has 0 N–H and O–H groups in total. The van der Waals surface area contributed by atoms with Gasteiger partial charge in [0.25, 0.3) is 0 Å². The predicted molar refractivity (Wildman–Crippen MR) is 61.1 cm³/mol. The van der Waals surface area contributed by atoms with Crippen LogP contribution in [0.5, 0.6) is 0 Å². The zero-order valence-corrected chi connectivity index (χ0v) is 9.90. The molecular formula is C11H23N3. The number of hydrogen-bond acceptors (Lipinski definition) is 3. The highest BCUT2D eigenvalue weighted by atomic mass is 15.6. The maximum Gasteiger partial charge on any atom is 0.121 e. The standard InChI is InChI=1S/C11H23N3/c1-5-7-8-13-9-12-14(6-2)11(13)10(3)4/h9-11H,5-8H2,1-4H3. The van der Waals surface area contributed by atoms with Crippen LogP contribution < -0.4 is 0 Å². The molecule has 1 aliphatic rings. The number of nitrogens with zero attached hydrogens (tertiary/aromatic N) is 3. The first kappa shape index (κ1) is 11.3. The molecule has 1 atom stereocenters. The molecule has 1 unspecified atom stereocenters. The van der Waals surface area contributed by atoms with Crippen LogP contribution in [-0.4, -0.2) is 35.5 Å². The van der Waals surface area contributed by atoms with Gasteiger partial charge >= 0.3 is 0 Å². The SMILES string of the molecule is CCCCN1C=NN(CC)C1C(C)C. The molecule has 0 aromatic heterocycles. The van der Waals surface area contributed by atoms with Gasteiger partial charge in [0.1, 0.15) is 12.5 Å². The lowest BCUT2D eigenvalue weighted by atomic mass is 10.1. The molecule has 0 aromatic carbocycles. The van der Waals surface area contributed by atoms with E-state index in [1.807, 2.05) is 6.34 Å². The molecule has 0 saturated carbocycles. The minimum Gasteiger partial charge on any atom is -0.339 e. The van der Waals surface area contributed by atoms with Crippen molar-refractivity contribution in [3.8, 4) is 0 Å². The first-order chi connectivity index (χ1) is 6.70. The van der Waals surface area contributed by atoms with Crippen LogP contribution in [0.4, 0.5) is 0 Å². The Hall–Kier alpha value is -0.730. The van der Waals surface area contributed by atoms with Gasteiger partial charge in [0, 0.05) is 13.1 Å². The number of hydrazone groups is 1. The third kappa shape index (κ3) is 2.40. The van der Waals surface area contributed by atoms with Gasteiger partial charge in [0.2, 0.25) is 0 Å². The Morgan fingerprint density at radius 2 is 2.07 bits per heavy atom. The third-order valence-electron chi connectivity index (χ3n) is 2.68. The molecule has 3 nitrogen and oxygen atoms in total. The molecule has 3 heteroatoms. The van der Waals surface area contributed by atoms with E-state index in [1.54, 1.807) is 0 Å². The van der Waals surface area contributed by atoms with Gasteiger partial charge in [-0.25, -0.2) is 0 Å². The second-order valence-electron chi connectivity index (χ2n) is 4.24. The van der Waals surface area contributed by atoms with Gasteiger partial charge in [-0.05, 0) is 19.3 Å². The van der Waals surface area contributed by atoms with Crippen molar-refractivity contribution in [3.05, 3.63) is 0 Å². The van der Waals surface area contributed by atoms with Gasteiger partial charge in [-0.15, -0.1) is 0 Å². The van der Waals surface area contributed by atoms with Crippen LogP contribution in [0.25, 0.3) is 0 Å². The minimum atomic E-state index is 0.478. The van der Waals surface area contributed by atoms with Crippen LogP contribution in [0.2, 0.25) is 0 Å². The van der Waals surface area contributed by atoms with Crippen molar-refractivity contribution in [2.75, 3.05) is 13.1 Å². The van der Waals surface area contributed by atoms with Crippen molar-refractivity contribution in [1.29, 1.82) is 0 Å². The van der Waals surface area contributed by atoms with E-state index in [4.69, 9.17) is 0 Å². The summed E-state index contributed by atoms with van der Waals surface area (Å²) in [5, 5.41) is 6.61. The van der Waals surface area contributed by atoms with E-state index in [2.05, 4.69) is 42.7 Å². The molecule has 0 bridgehead atoms. The predicted octanol–water partition coefficient (Wildman–Crippen LogP) is 2.35. The summed E-state index contributed by atoms with van der Waals surface area (Å²) < 4.78 is 0. The van der Waals surface area contributed by atoms with Gasteiger partial charge in [0.15, 0.2) is 0 Å². The lowest BCUT2D eigenvalue weighted by Crippen LogP contribution is -2.43. The highest BCUT2D eigenvalue weighted by Crippen LogP contribution is 2.19. The van der Waals surface area contributed by atoms with Crippen molar-refractivity contribution < 1.29 is 0 Å². The molecule has 0 fully saturated rings. The van der Waals surface area contributed by atoms with E-state index in [-0.39, 0.29) is 0 Å². The van der Waals surface area contributed by atoms with E-state index in [0.717, 1.165) is 13.1 Å². The maximum atomic E-state index is 4.43. The quantitative estimate of drug-likeness (QED) is 0.673. The highest BCUT2D eigenvalue weighted by molar-refractivity contribution is 5.57. The van der Waals surface area contributed by atoms with Crippen molar-refractivity contribution in [2.45, 2.75) is 46.7 Å². The fourth-order valence-electron chi connectivity index (χ4n) is 1.97. The summed E-state index contributed by atoms with van der Waals surface area (Å²) in [4.78, 5) is 2.37. The van der Waals surface area contributed by atoms with Crippen LogP contribution in [-0.2, 0) is 0 Å². The summed E-state index contributed by atoms with van der Waals surface area (Å²) in [5.41, 5.74) is 0. The van der Waals surface area contributed by atoms with Gasteiger partial charge < -0.3 is 4.90 Å². The number of hydrogen-bond donors (Lipinski definition) is 0. The monoisotopic (exact) mass is 197 g/mol. The van der Waals surface area contributed by atoms with Crippen LogP contribution in [0, 0.1) is 5.92 Å². The van der Waals surface area contributed by atoms with Crippen LogP contribution in [0.1, 0.15) is 40.5 Å². The molecule has 1 aliphatic heterocycles. The van der Waals surface area contributed by atoms with Crippen LogP contribution in [0.3, 0.4) is 0 Å². The molecular weight excluding hydrogens is 174 g/mol. The van der Waals surface area contributed by atoms with E-state index in [0.29, 0.717) is 12.1 Å². The molecule has 0 spiro atoms. The number of rotatable bonds is 5. The average molecular weight is 197 g/mol. The summed E-state index contributed by atoms with van der Waals surface area (Å²) in [7, 11) is 0. The Kier molecular flexibility index (Phi) is 4.23. The summed E-state index contributed by atoms with van der Waals surface area (Å²) in [6, 6.07) is 0. The van der Waals surface area contributed by atoms with Crippen molar-refractivity contribution in [2.24, 2.45) is 11.0 Å². The fourth-order valence-corrected chi connectivity index (χ4v) is 1.97. The average Bonchev–Trinajstić information content (AvgIpc) is 2.57. The first-order valence-electron chi connectivity index (χ1n) is 5.77. The lowest BCUT2D eigenvalue weighted by Gasteiger charge is -2.32. The Labute approximate surface area is 87.8 Å². The fraction of sp³-hybridized carbons (Fsp3) is 0.909. The van der Waals surface area contributed by atoms with Gasteiger partial charge in [0.05, 0.1) is 0 Å². The summed E-state index contributed by atoms with van der Waals surface area (Å²) >= 11 is 0. The summed E-state index contributed by atoms with van der Waals surface area (Å²) in [6.07, 6.45) is 4.99. The zero-order valence-electron chi connectivity index (χ0n) is 9.90. The second kappa shape index (κ2) is 5.23. The third-order valence-corrected chi connectivity index (χ3v) is 2.68. The molecule has 0 aliphatic carbocycles. The second-order valence-corrected chi connectivity index (χ2v) is 4.24. The molecule has 0 amide bonds. The highest BCUT2D eigenvalue weighted by Gasteiger charge is 2.28. The van der Waals surface area contributed by atoms with Gasteiger partial charge in [-0.3, -0.25) is 5.01 Å². The molecule has 1 rings (SSSR count). The Bertz CT molecular complexity index is 189. The smallest absolute Gasteiger partial charge is 0.121 e. The molecule has 0 radical (unpaired) electrons. The van der Waals surface area contributed by atoms with Gasteiger partial charge in [-0.2, -0.15) is 5.10 Å². The summed E-state index contributed by atoms with van der Waals surface area (Å²) in [5.74, 6) is 0.634. The van der Waals surface area contributed by atoms with Crippen molar-refractivity contribution >= 4 is 6.34 Å². The van der Waals surface area contributed by atoms with E-state index in [9.17, 15) is 0 Å². The minimum absolute atomic E-state index is 0.478. The van der Waals surface area contributed by atoms with Gasteiger partial charge in [-0.1, -0.05) is 27.2 Å². The summed E-state index contributed by atoms with van der Waals surface area (Å²) in [6.45, 7) is 11.1. The van der Waals surface area contributed by atoms with Crippen LogP contribution in [0.15, 0.2) is 5.10 Å². The topological polar surface area (TPSA) is 18.8 Å². The molecule has 0 aromatic rings. The van der Waals surface area contributed by atoms with Crippen molar-refractivity contribution in [1.82, 2.24) is 9.91 Å². The zero-order chi connectivity index (χ0) is 10.6. The maximum absolute atomic E-state index is 4.43. The van der Waals surface area contributed by atoms with Crippen molar-refractivity contribution in [3.63, 3.8) is 0 Å². The number of unbranched alkanes of at least 4 members (excludes halogenated alkanes) is 1. The normalized spacial score (nSPS) is 21.4. The van der Waals surface area contributed by atoms with E-state index >= 15 is 0 Å². The lowest BCUT2D eigenvalue weighted by molar-refractivity contribution is 0.0935. The largest absolute Gasteiger partial charge is 0.339 e. The van der Waals surface area contributed by atoms with E-state index in [1.165, 1.54) is 12.8 Å². The molecule has 0 saturated heterocycles. The molecule has 14 heavy (non-hydrogen) atoms. The van der Waals surface area contributed by atoms with Crippen LogP contribution >= 0.6 is 0 Å². The molecule has 82 valence electrons.